The van der Waals surface area contributed by atoms with Gasteiger partial charge in [-0.3, -0.25) is 0 Å². The summed E-state index contributed by atoms with van der Waals surface area (Å²) < 4.78 is 6.28. The molecule has 1 heterocycles. The summed E-state index contributed by atoms with van der Waals surface area (Å²) in [5.41, 5.74) is 3.08. The summed E-state index contributed by atoms with van der Waals surface area (Å²) in [5, 5.41) is 8.52. The number of nitrogens with one attached hydrogen (secondary N) is 1. The second-order valence-electron chi connectivity index (χ2n) is 9.42. The van der Waals surface area contributed by atoms with E-state index in [1.54, 1.807) is 0 Å². The van der Waals surface area contributed by atoms with Gasteiger partial charge >= 0.3 is 0 Å². The predicted molar refractivity (Wildman–Crippen MR) is 137 cm³/mol. The molecule has 1 N–H and O–H groups in total. The maximum atomic E-state index is 6.28. The molecule has 1 aliphatic heterocycles. The zero-order valence-corrected chi connectivity index (χ0v) is 19.2. The van der Waals surface area contributed by atoms with Crippen molar-refractivity contribution in [3.63, 3.8) is 0 Å². The number of rotatable bonds is 4. The van der Waals surface area contributed by atoms with Gasteiger partial charge in [0.25, 0.3) is 0 Å². The van der Waals surface area contributed by atoms with Gasteiger partial charge < -0.3 is 10.1 Å². The van der Waals surface area contributed by atoms with Crippen LogP contribution in [0.4, 0.5) is 5.69 Å². The minimum atomic E-state index is -0.648. The first-order valence-corrected chi connectivity index (χ1v) is 12.1. The van der Waals surface area contributed by atoms with E-state index in [0.717, 1.165) is 42.5 Å². The molecular formula is C30H29NO3. The second kappa shape index (κ2) is 8.88. The zero-order valence-electron chi connectivity index (χ0n) is 19.2. The molecule has 2 fully saturated rings. The highest BCUT2D eigenvalue weighted by atomic mass is 17.2. The molecular weight excluding hydrogens is 422 g/mol. The van der Waals surface area contributed by atoms with Crippen LogP contribution in [-0.4, -0.2) is 24.5 Å². The third-order valence-electron chi connectivity index (χ3n) is 7.21. The van der Waals surface area contributed by atoms with E-state index in [1.165, 1.54) is 21.5 Å². The van der Waals surface area contributed by atoms with Crippen LogP contribution in [0.2, 0.25) is 0 Å². The lowest BCUT2D eigenvalue weighted by atomic mass is 9.89. The molecule has 6 rings (SSSR count). The van der Waals surface area contributed by atoms with Gasteiger partial charge in [-0.1, -0.05) is 73.3 Å². The van der Waals surface area contributed by atoms with E-state index in [0.29, 0.717) is 12.6 Å². The molecule has 34 heavy (non-hydrogen) atoms. The molecule has 172 valence electrons. The first-order chi connectivity index (χ1) is 16.7. The highest BCUT2D eigenvalue weighted by Crippen LogP contribution is 2.39. The third kappa shape index (κ3) is 4.09. The SMILES string of the molecule is C=C(c1ccc2ccc3ccccc3c2c1)C1COC2(CCC(Nc3ccccc3)CC2)OO1. The Morgan fingerprint density at radius 2 is 1.53 bits per heavy atom. The van der Waals surface area contributed by atoms with Crippen molar-refractivity contribution in [2.45, 2.75) is 43.6 Å². The Kier molecular flexibility index (Phi) is 5.58. The highest BCUT2D eigenvalue weighted by Gasteiger charge is 2.43. The molecule has 4 nitrogen and oxygen atoms in total. The summed E-state index contributed by atoms with van der Waals surface area (Å²) in [5.74, 6) is -0.648. The summed E-state index contributed by atoms with van der Waals surface area (Å²) in [6.45, 7) is 4.78. The van der Waals surface area contributed by atoms with Gasteiger partial charge in [0.15, 0.2) is 0 Å². The largest absolute Gasteiger partial charge is 0.382 e. The summed E-state index contributed by atoms with van der Waals surface area (Å²) >= 11 is 0. The lowest BCUT2D eigenvalue weighted by molar-refractivity contribution is -0.483. The van der Waals surface area contributed by atoms with Crippen molar-refractivity contribution in [3.05, 3.63) is 97.1 Å². The van der Waals surface area contributed by atoms with Crippen LogP contribution in [0.15, 0.2) is 91.5 Å². The van der Waals surface area contributed by atoms with Crippen LogP contribution in [0.25, 0.3) is 27.1 Å². The average Bonchev–Trinajstić information content (AvgIpc) is 2.90. The lowest BCUT2D eigenvalue weighted by Gasteiger charge is -2.43. The standard InChI is InChI=1S/C30H29NO3/c1-21(24-14-13-23-12-11-22-7-5-6-10-27(22)28(23)19-24)29-20-32-30(34-33-29)17-15-26(16-18-30)31-25-8-3-2-4-9-25/h2-14,19,26,29,31H,1,15-18,20H2. The molecule has 0 bridgehead atoms. The van der Waals surface area contributed by atoms with Gasteiger partial charge in [0.2, 0.25) is 5.79 Å². The normalized spacial score (nSPS) is 24.9. The van der Waals surface area contributed by atoms with Crippen LogP contribution < -0.4 is 5.32 Å². The Morgan fingerprint density at radius 3 is 2.29 bits per heavy atom. The van der Waals surface area contributed by atoms with Crippen molar-refractivity contribution in [2.75, 3.05) is 11.9 Å². The number of para-hydroxylation sites is 1. The Balaban J connectivity index is 1.11. The predicted octanol–water partition coefficient (Wildman–Crippen LogP) is 7.10. The monoisotopic (exact) mass is 451 g/mol. The Hall–Kier alpha value is -3.18. The third-order valence-corrected chi connectivity index (χ3v) is 7.21. The number of benzene rings is 4. The summed E-state index contributed by atoms with van der Waals surface area (Å²) in [7, 11) is 0. The van der Waals surface area contributed by atoms with E-state index in [4.69, 9.17) is 14.5 Å². The molecule has 1 unspecified atom stereocenters. The maximum absolute atomic E-state index is 6.28. The minimum absolute atomic E-state index is 0.321. The van der Waals surface area contributed by atoms with Crippen molar-refractivity contribution in [1.29, 1.82) is 0 Å². The van der Waals surface area contributed by atoms with Crippen molar-refractivity contribution in [3.8, 4) is 0 Å². The fraction of sp³-hybridized carbons (Fsp3) is 0.267. The summed E-state index contributed by atoms with van der Waals surface area (Å²) in [6.07, 6.45) is 3.24. The molecule has 4 aromatic rings. The summed E-state index contributed by atoms with van der Waals surface area (Å²) in [4.78, 5) is 11.8. The van der Waals surface area contributed by atoms with Gasteiger partial charge in [-0.2, -0.15) is 0 Å². The smallest absolute Gasteiger partial charge is 0.201 e. The van der Waals surface area contributed by atoms with Crippen molar-refractivity contribution >= 4 is 32.8 Å². The lowest BCUT2D eigenvalue weighted by Crippen LogP contribution is -2.49. The van der Waals surface area contributed by atoms with E-state index < -0.39 is 5.79 Å². The first-order valence-electron chi connectivity index (χ1n) is 12.1. The van der Waals surface area contributed by atoms with E-state index in [-0.39, 0.29) is 6.10 Å². The number of anilines is 1. The first kappa shape index (κ1) is 21.4. The molecule has 1 saturated heterocycles. The van der Waals surface area contributed by atoms with Crippen molar-refractivity contribution < 1.29 is 14.5 Å². The van der Waals surface area contributed by atoms with Gasteiger partial charge in [-0.05, 0) is 63.7 Å². The van der Waals surface area contributed by atoms with Gasteiger partial charge in [-0.25, -0.2) is 9.78 Å². The van der Waals surface area contributed by atoms with Gasteiger partial charge in [-0.15, -0.1) is 0 Å². The highest BCUT2D eigenvalue weighted by molar-refractivity contribution is 6.08. The molecule has 0 amide bonds. The molecule has 1 spiro atoms. The van der Waals surface area contributed by atoms with Crippen LogP contribution >= 0.6 is 0 Å². The number of fused-ring (bicyclic) bond motifs is 3. The van der Waals surface area contributed by atoms with E-state index in [2.05, 4.69) is 90.8 Å². The van der Waals surface area contributed by atoms with Crippen molar-refractivity contribution in [2.24, 2.45) is 0 Å². The topological polar surface area (TPSA) is 39.7 Å². The summed E-state index contributed by atoms with van der Waals surface area (Å²) in [6, 6.07) is 30.0. The van der Waals surface area contributed by atoms with E-state index in [1.807, 2.05) is 6.07 Å². The Bertz CT molecular complexity index is 1310. The second-order valence-corrected chi connectivity index (χ2v) is 9.42. The Morgan fingerprint density at radius 1 is 0.824 bits per heavy atom. The van der Waals surface area contributed by atoms with Crippen LogP contribution in [0.3, 0.4) is 0 Å². The van der Waals surface area contributed by atoms with Crippen LogP contribution in [-0.2, 0) is 14.5 Å². The van der Waals surface area contributed by atoms with E-state index >= 15 is 0 Å². The van der Waals surface area contributed by atoms with Crippen LogP contribution in [0.5, 0.6) is 0 Å². The fourth-order valence-corrected chi connectivity index (χ4v) is 5.17. The molecule has 0 aromatic heterocycles. The number of hydrogen-bond donors (Lipinski definition) is 1. The van der Waals surface area contributed by atoms with Crippen LogP contribution in [0.1, 0.15) is 31.2 Å². The molecule has 2 aliphatic rings. The molecule has 0 radical (unpaired) electrons. The maximum Gasteiger partial charge on any atom is 0.201 e. The zero-order chi connectivity index (χ0) is 23.0. The molecule has 1 saturated carbocycles. The molecule has 1 aliphatic carbocycles. The van der Waals surface area contributed by atoms with Gasteiger partial charge in [0, 0.05) is 24.6 Å². The quantitative estimate of drug-likeness (QED) is 0.265. The Labute approximate surface area is 200 Å². The fourth-order valence-electron chi connectivity index (χ4n) is 5.17. The number of ether oxygens (including phenoxy) is 1. The molecule has 4 aromatic carbocycles. The van der Waals surface area contributed by atoms with Crippen LogP contribution in [0, 0.1) is 0 Å². The number of hydrogen-bond acceptors (Lipinski definition) is 4. The minimum Gasteiger partial charge on any atom is -0.382 e. The van der Waals surface area contributed by atoms with Crippen molar-refractivity contribution in [1.82, 2.24) is 0 Å². The van der Waals surface area contributed by atoms with Gasteiger partial charge in [0.05, 0.1) is 6.61 Å². The van der Waals surface area contributed by atoms with Gasteiger partial charge in [0.1, 0.15) is 6.10 Å². The molecule has 4 heteroatoms. The van der Waals surface area contributed by atoms with E-state index in [9.17, 15) is 0 Å². The molecule has 1 atom stereocenters. The average molecular weight is 452 g/mol.